The van der Waals surface area contributed by atoms with E-state index in [2.05, 4.69) is 48.5 Å². The number of carbonyl (C=O) groups is 1. The van der Waals surface area contributed by atoms with E-state index >= 15 is 0 Å². The second-order valence-electron chi connectivity index (χ2n) is 4.83. The Kier molecular flexibility index (Phi) is 7.52. The van der Waals surface area contributed by atoms with Gasteiger partial charge in [-0.2, -0.15) is 0 Å². The van der Waals surface area contributed by atoms with Crippen molar-refractivity contribution in [2.75, 3.05) is 19.3 Å². The van der Waals surface area contributed by atoms with Gasteiger partial charge in [-0.15, -0.1) is 0 Å². The van der Waals surface area contributed by atoms with Gasteiger partial charge in [0.2, 0.25) is 5.91 Å². The highest BCUT2D eigenvalue weighted by Gasteiger charge is 2.29. The Morgan fingerprint density at radius 3 is 2.55 bits per heavy atom. The minimum atomic E-state index is -0.0981. The van der Waals surface area contributed by atoms with Crippen LogP contribution in [-0.2, 0) is 4.79 Å². The van der Waals surface area contributed by atoms with E-state index in [4.69, 9.17) is 0 Å². The molecule has 0 atom stereocenters. The predicted octanol–water partition coefficient (Wildman–Crippen LogP) is 3.52. The summed E-state index contributed by atoms with van der Waals surface area (Å²) in [6.07, 6.45) is 11.4. The number of nitrogens with one attached hydrogen (secondary N) is 1. The quantitative estimate of drug-likeness (QED) is 0.306. The van der Waals surface area contributed by atoms with E-state index in [9.17, 15) is 4.79 Å². The summed E-state index contributed by atoms with van der Waals surface area (Å²) in [5, 5.41) is 2.82. The first kappa shape index (κ1) is 16.9. The maximum absolute atomic E-state index is 11.1. The fraction of sp³-hybridized carbons (Fsp3) is 0.562. The average molecular weight is 294 g/mol. The van der Waals surface area contributed by atoms with Crippen LogP contribution in [0, 0.1) is 5.92 Å². The molecule has 20 heavy (non-hydrogen) atoms. The monoisotopic (exact) mass is 294 g/mol. The van der Waals surface area contributed by atoms with Gasteiger partial charge in [0.1, 0.15) is 0 Å². The summed E-state index contributed by atoms with van der Waals surface area (Å²) in [6.45, 7) is 9.30. The second kappa shape index (κ2) is 8.90. The number of rotatable bonds is 9. The minimum Gasteiger partial charge on any atom is -0.353 e. The number of hydrogen-bond acceptors (Lipinski definition) is 3. The van der Waals surface area contributed by atoms with Crippen molar-refractivity contribution in [1.82, 2.24) is 9.62 Å². The van der Waals surface area contributed by atoms with Crippen molar-refractivity contribution < 1.29 is 4.79 Å². The molecule has 1 N–H and O–H groups in total. The molecule has 0 heterocycles. The van der Waals surface area contributed by atoms with E-state index in [-0.39, 0.29) is 5.91 Å². The second-order valence-corrected chi connectivity index (χ2v) is 5.63. The molecule has 0 aromatic heterocycles. The zero-order chi connectivity index (χ0) is 15.0. The number of nitrogens with zero attached hydrogens (tertiary/aromatic N) is 1. The molecule has 0 bridgehead atoms. The Balaban J connectivity index is 2.50. The highest BCUT2D eigenvalue weighted by molar-refractivity contribution is 7.96. The maximum atomic E-state index is 11.1. The van der Waals surface area contributed by atoms with Gasteiger partial charge < -0.3 is 9.62 Å². The van der Waals surface area contributed by atoms with Crippen molar-refractivity contribution in [3.63, 3.8) is 0 Å². The summed E-state index contributed by atoms with van der Waals surface area (Å²) in [5.74, 6) is 0.653. The Bertz CT molecular complexity index is 397. The molecule has 1 rings (SSSR count). The van der Waals surface area contributed by atoms with E-state index in [1.54, 1.807) is 11.9 Å². The summed E-state index contributed by atoms with van der Waals surface area (Å²) in [5.41, 5.74) is 2.80. The van der Waals surface area contributed by atoms with Crippen molar-refractivity contribution in [1.29, 1.82) is 0 Å². The van der Waals surface area contributed by atoms with Gasteiger partial charge in [0.25, 0.3) is 0 Å². The number of amides is 1. The molecular formula is C16H26N2OS. The largest absolute Gasteiger partial charge is 0.353 e. The Hall–Kier alpha value is -1.16. The van der Waals surface area contributed by atoms with Gasteiger partial charge in [-0.25, -0.2) is 0 Å². The summed E-state index contributed by atoms with van der Waals surface area (Å²) in [7, 11) is 0. The molecule has 112 valence electrons. The fourth-order valence-corrected chi connectivity index (χ4v) is 2.98. The van der Waals surface area contributed by atoms with Crippen molar-refractivity contribution in [3.8, 4) is 0 Å². The van der Waals surface area contributed by atoms with Crippen LogP contribution in [-0.4, -0.2) is 29.6 Å². The van der Waals surface area contributed by atoms with Crippen molar-refractivity contribution in [3.05, 3.63) is 36.1 Å². The minimum absolute atomic E-state index is 0.0981. The summed E-state index contributed by atoms with van der Waals surface area (Å²) < 4.78 is 2.33. The third-order valence-electron chi connectivity index (χ3n) is 3.41. The molecular weight excluding hydrogens is 268 g/mol. The van der Waals surface area contributed by atoms with Crippen LogP contribution in [0.5, 0.6) is 0 Å². The average Bonchev–Trinajstić information content (AvgIpc) is 3.29. The van der Waals surface area contributed by atoms with Gasteiger partial charge in [-0.3, -0.25) is 4.79 Å². The van der Waals surface area contributed by atoms with Crippen LogP contribution < -0.4 is 5.32 Å². The smallest absolute Gasteiger partial charge is 0.243 e. The van der Waals surface area contributed by atoms with Gasteiger partial charge in [0.05, 0.1) is 0 Å². The van der Waals surface area contributed by atoms with Crippen LogP contribution in [0.15, 0.2) is 36.1 Å². The summed E-state index contributed by atoms with van der Waals surface area (Å²) in [4.78, 5) is 11.1. The van der Waals surface area contributed by atoms with Crippen molar-refractivity contribution >= 4 is 17.9 Å². The fourth-order valence-electron chi connectivity index (χ4n) is 2.26. The van der Waals surface area contributed by atoms with Crippen molar-refractivity contribution in [2.24, 2.45) is 5.92 Å². The lowest BCUT2D eigenvalue weighted by atomic mass is 10.1. The molecule has 1 fully saturated rings. The molecule has 0 aromatic carbocycles. The lowest BCUT2D eigenvalue weighted by Crippen LogP contribution is -2.26. The van der Waals surface area contributed by atoms with E-state index in [0.29, 0.717) is 6.54 Å². The maximum Gasteiger partial charge on any atom is 0.243 e. The van der Waals surface area contributed by atoms with Crippen LogP contribution in [0.3, 0.4) is 0 Å². The zero-order valence-electron chi connectivity index (χ0n) is 12.8. The van der Waals surface area contributed by atoms with Crippen LogP contribution in [0.4, 0.5) is 0 Å². The number of carbonyl (C=O) groups excluding carboxylic acids is 1. The molecule has 0 radical (unpaired) electrons. The van der Waals surface area contributed by atoms with Gasteiger partial charge in [-0.1, -0.05) is 30.7 Å². The van der Waals surface area contributed by atoms with Gasteiger partial charge in [-0.05, 0) is 50.7 Å². The molecule has 0 aromatic rings. The molecule has 1 aliphatic carbocycles. The summed E-state index contributed by atoms with van der Waals surface area (Å²) in [6, 6.07) is 0. The van der Waals surface area contributed by atoms with Gasteiger partial charge in [0.15, 0.2) is 0 Å². The van der Waals surface area contributed by atoms with Gasteiger partial charge >= 0.3 is 0 Å². The molecule has 4 heteroatoms. The molecule has 3 nitrogen and oxygen atoms in total. The normalized spacial score (nSPS) is 15.9. The third-order valence-corrected chi connectivity index (χ3v) is 4.23. The molecule has 0 saturated heterocycles. The van der Waals surface area contributed by atoms with Crippen LogP contribution in [0.25, 0.3) is 0 Å². The van der Waals surface area contributed by atoms with E-state index in [1.807, 2.05) is 0 Å². The zero-order valence-corrected chi connectivity index (χ0v) is 13.6. The lowest BCUT2D eigenvalue weighted by Gasteiger charge is -2.26. The van der Waals surface area contributed by atoms with Crippen LogP contribution in [0.1, 0.15) is 33.1 Å². The first-order valence-electron chi connectivity index (χ1n) is 7.22. The SMILES string of the molecule is C=CC(=O)NCCCN(SC)C(=CC)C(=CC)C1CC1. The molecule has 1 saturated carbocycles. The third kappa shape index (κ3) is 5.08. The Labute approximate surface area is 127 Å². The standard InChI is InChI=1S/C16H26N2OS/c1-5-14(13-9-10-13)15(6-2)18(20-4)12-8-11-17-16(19)7-3/h5-7,13H,3,8-12H2,1-2,4H3,(H,17,19). The number of hydrogen-bond donors (Lipinski definition) is 1. The predicted molar refractivity (Wildman–Crippen MR) is 88.3 cm³/mol. The van der Waals surface area contributed by atoms with E-state index < -0.39 is 0 Å². The first-order chi connectivity index (χ1) is 9.67. The summed E-state index contributed by atoms with van der Waals surface area (Å²) >= 11 is 1.75. The van der Waals surface area contributed by atoms with Crippen molar-refractivity contribution in [2.45, 2.75) is 33.1 Å². The molecule has 0 unspecified atom stereocenters. The highest BCUT2D eigenvalue weighted by Crippen LogP contribution is 2.41. The van der Waals surface area contributed by atoms with Crippen LogP contribution >= 0.6 is 11.9 Å². The molecule has 1 amide bonds. The molecule has 0 aliphatic heterocycles. The Morgan fingerprint density at radius 2 is 2.10 bits per heavy atom. The Morgan fingerprint density at radius 1 is 1.40 bits per heavy atom. The topological polar surface area (TPSA) is 32.3 Å². The number of allylic oxidation sites excluding steroid dienone is 3. The first-order valence-corrected chi connectivity index (χ1v) is 8.40. The lowest BCUT2D eigenvalue weighted by molar-refractivity contribution is -0.116. The molecule has 0 spiro atoms. The molecule has 1 aliphatic rings. The van der Waals surface area contributed by atoms with Gasteiger partial charge in [0, 0.05) is 25.0 Å². The van der Waals surface area contributed by atoms with E-state index in [1.165, 1.54) is 30.2 Å². The highest BCUT2D eigenvalue weighted by atomic mass is 32.2. The van der Waals surface area contributed by atoms with E-state index in [0.717, 1.165) is 18.9 Å². The van der Waals surface area contributed by atoms with Crippen LogP contribution in [0.2, 0.25) is 0 Å².